The molecule has 0 saturated carbocycles. The van der Waals surface area contributed by atoms with Crippen LogP contribution in [0.2, 0.25) is 0 Å². The molecule has 0 unspecified atom stereocenters. The molecule has 4 aromatic rings. The summed E-state index contributed by atoms with van der Waals surface area (Å²) in [5.74, 6) is 1.55. The van der Waals surface area contributed by atoms with Crippen LogP contribution in [0.3, 0.4) is 0 Å². The van der Waals surface area contributed by atoms with Crippen LogP contribution in [-0.2, 0) is 6.61 Å². The summed E-state index contributed by atoms with van der Waals surface area (Å²) in [5.41, 5.74) is 4.28. The van der Waals surface area contributed by atoms with Crippen LogP contribution in [-0.4, -0.2) is 52.2 Å². The summed E-state index contributed by atoms with van der Waals surface area (Å²) in [6.07, 6.45) is 6.74. The molecule has 9 heteroatoms. The summed E-state index contributed by atoms with van der Waals surface area (Å²) in [6, 6.07) is 18.1. The van der Waals surface area contributed by atoms with E-state index in [1.807, 2.05) is 49.4 Å². The molecule has 5 rings (SSSR count). The lowest BCUT2D eigenvalue weighted by Gasteiger charge is -2.31. The van der Waals surface area contributed by atoms with Gasteiger partial charge in [-0.05, 0) is 85.3 Å². The van der Waals surface area contributed by atoms with Crippen molar-refractivity contribution in [2.24, 2.45) is 5.10 Å². The van der Waals surface area contributed by atoms with Gasteiger partial charge in [-0.3, -0.25) is 5.41 Å². The number of aryl methyl sites for hydroxylation is 1. The number of hydrazone groups is 1. The van der Waals surface area contributed by atoms with Crippen molar-refractivity contribution in [2.45, 2.75) is 32.8 Å². The fourth-order valence-electron chi connectivity index (χ4n) is 4.59. The van der Waals surface area contributed by atoms with Crippen LogP contribution in [0.4, 0.5) is 15.9 Å². The number of aromatic nitrogens is 2. The van der Waals surface area contributed by atoms with Crippen LogP contribution < -0.4 is 10.1 Å². The van der Waals surface area contributed by atoms with Crippen molar-refractivity contribution in [3.05, 3.63) is 89.5 Å². The zero-order valence-corrected chi connectivity index (χ0v) is 22.2. The Balaban J connectivity index is 1.29. The van der Waals surface area contributed by atoms with Gasteiger partial charge in [-0.2, -0.15) is 5.10 Å². The molecule has 3 aromatic carbocycles. The number of likely N-dealkylation sites (tertiary alicyclic amines) is 1. The minimum Gasteiger partial charge on any atom is -0.489 e. The third-order valence-electron chi connectivity index (χ3n) is 6.72. The molecule has 0 spiro atoms. The van der Waals surface area contributed by atoms with Crippen LogP contribution in [0.15, 0.2) is 72.1 Å². The van der Waals surface area contributed by atoms with Crippen LogP contribution in [0.25, 0.3) is 10.9 Å². The fraction of sp³-hybridized carbons (Fsp3) is 0.267. The van der Waals surface area contributed by atoms with Gasteiger partial charge in [0.15, 0.2) is 0 Å². The minimum absolute atomic E-state index is 0.275. The zero-order valence-electron chi connectivity index (χ0n) is 22.2. The Morgan fingerprint density at radius 2 is 1.95 bits per heavy atom. The molecule has 1 fully saturated rings. The fourth-order valence-corrected chi connectivity index (χ4v) is 4.59. The summed E-state index contributed by atoms with van der Waals surface area (Å²) in [6.45, 7) is 4.07. The van der Waals surface area contributed by atoms with E-state index in [9.17, 15) is 4.39 Å². The number of hydrogen-bond acceptors (Lipinski definition) is 6. The Morgan fingerprint density at radius 3 is 2.74 bits per heavy atom. The van der Waals surface area contributed by atoms with Crippen molar-refractivity contribution in [2.75, 3.05) is 25.5 Å². The first-order valence-electron chi connectivity index (χ1n) is 13.1. The molecule has 1 aliphatic heterocycles. The summed E-state index contributed by atoms with van der Waals surface area (Å²) in [5, 5.41) is 18.8. The highest BCUT2D eigenvalue weighted by Crippen LogP contribution is 2.28. The van der Waals surface area contributed by atoms with Gasteiger partial charge in [0.2, 0.25) is 5.96 Å². The summed E-state index contributed by atoms with van der Waals surface area (Å²) in [7, 11) is 1.80. The van der Waals surface area contributed by atoms with E-state index in [4.69, 9.17) is 10.1 Å². The Morgan fingerprint density at radius 1 is 1.10 bits per heavy atom. The van der Waals surface area contributed by atoms with Gasteiger partial charge < -0.3 is 15.0 Å². The van der Waals surface area contributed by atoms with Crippen molar-refractivity contribution >= 4 is 34.6 Å². The lowest BCUT2D eigenvalue weighted by atomic mass is 10.1. The monoisotopic (exact) mass is 525 g/mol. The van der Waals surface area contributed by atoms with Gasteiger partial charge in [0.05, 0.1) is 11.7 Å². The number of fused-ring (bicyclic) bond motifs is 1. The number of ether oxygens (including phenoxy) is 1. The smallest absolute Gasteiger partial charge is 0.214 e. The Bertz CT molecular complexity index is 1500. The molecule has 200 valence electrons. The van der Waals surface area contributed by atoms with E-state index in [0.717, 1.165) is 65.0 Å². The average Bonchev–Trinajstić information content (AvgIpc) is 2.96. The second-order valence-corrected chi connectivity index (χ2v) is 9.66. The normalized spacial score (nSPS) is 13.6. The molecule has 0 radical (unpaired) electrons. The number of halogens is 1. The van der Waals surface area contributed by atoms with E-state index in [0.29, 0.717) is 18.4 Å². The lowest BCUT2D eigenvalue weighted by Crippen LogP contribution is -2.42. The number of nitrogens with zero attached hydrogens (tertiary/aromatic N) is 5. The number of hydrogen-bond donors (Lipinski definition) is 2. The molecule has 0 aliphatic carbocycles. The molecule has 1 saturated heterocycles. The SMILES string of the molecule is Cc1cc(Nc2ncnc3ccc(/C=N/N(C)C(=N)N4CCCCC4)cc23)ccc1OCc1cccc(F)c1. The first-order chi connectivity index (χ1) is 19.0. The average molecular weight is 526 g/mol. The maximum atomic E-state index is 13.5. The number of nitrogens with one attached hydrogen (secondary N) is 2. The largest absolute Gasteiger partial charge is 0.489 e. The number of benzene rings is 3. The molecule has 0 bridgehead atoms. The van der Waals surface area contributed by atoms with Gasteiger partial charge in [-0.15, -0.1) is 0 Å². The molecular weight excluding hydrogens is 493 g/mol. The van der Waals surface area contributed by atoms with Gasteiger partial charge in [0.25, 0.3) is 0 Å². The quantitative estimate of drug-likeness (QED) is 0.173. The van der Waals surface area contributed by atoms with Gasteiger partial charge in [0, 0.05) is 31.2 Å². The first-order valence-corrected chi connectivity index (χ1v) is 13.1. The molecule has 1 aromatic heterocycles. The van der Waals surface area contributed by atoms with E-state index >= 15 is 0 Å². The molecule has 0 amide bonds. The maximum absolute atomic E-state index is 13.5. The standard InChI is InChI=1S/C30H32FN7O/c1-21-15-25(10-12-28(21)39-19-23-7-6-8-24(31)16-23)36-29-26-17-22(9-11-27(26)33-20-34-29)18-35-37(2)30(32)38-13-4-3-5-14-38/h6-12,15-18,20,32H,3-5,13-14,19H2,1-2H3,(H,33,34,36)/b32-30?,35-18+. The maximum Gasteiger partial charge on any atom is 0.214 e. The number of rotatable bonds is 7. The zero-order chi connectivity index (χ0) is 27.2. The summed E-state index contributed by atoms with van der Waals surface area (Å²) in [4.78, 5) is 11.0. The van der Waals surface area contributed by atoms with E-state index in [1.54, 1.807) is 24.3 Å². The molecular formula is C30H32FN7O. The number of anilines is 2. The lowest BCUT2D eigenvalue weighted by molar-refractivity contribution is 0.298. The van der Waals surface area contributed by atoms with E-state index in [-0.39, 0.29) is 5.82 Å². The second-order valence-electron chi connectivity index (χ2n) is 9.66. The van der Waals surface area contributed by atoms with E-state index < -0.39 is 0 Å². The van der Waals surface area contributed by atoms with Crippen LogP contribution >= 0.6 is 0 Å². The third-order valence-corrected chi connectivity index (χ3v) is 6.72. The molecule has 2 N–H and O–H groups in total. The predicted octanol–water partition coefficient (Wildman–Crippen LogP) is 6.09. The Hall–Kier alpha value is -4.53. The van der Waals surface area contributed by atoms with Gasteiger partial charge in [0.1, 0.15) is 30.3 Å². The van der Waals surface area contributed by atoms with Crippen LogP contribution in [0, 0.1) is 18.2 Å². The van der Waals surface area contributed by atoms with Crippen LogP contribution in [0.5, 0.6) is 5.75 Å². The van der Waals surface area contributed by atoms with Crippen molar-refractivity contribution in [3.63, 3.8) is 0 Å². The van der Waals surface area contributed by atoms with Gasteiger partial charge >= 0.3 is 0 Å². The van der Waals surface area contributed by atoms with Crippen LogP contribution in [0.1, 0.15) is 36.0 Å². The topological polar surface area (TPSA) is 89.7 Å². The van der Waals surface area contributed by atoms with Crippen molar-refractivity contribution in [1.29, 1.82) is 5.41 Å². The molecule has 1 aliphatic rings. The van der Waals surface area contributed by atoms with Gasteiger partial charge in [-0.25, -0.2) is 19.4 Å². The Labute approximate surface area is 227 Å². The number of piperidine rings is 1. The highest BCUT2D eigenvalue weighted by Gasteiger charge is 2.16. The summed E-state index contributed by atoms with van der Waals surface area (Å²) < 4.78 is 19.4. The van der Waals surface area contributed by atoms with Crippen molar-refractivity contribution in [3.8, 4) is 5.75 Å². The Kier molecular flexibility index (Phi) is 7.96. The molecule has 39 heavy (non-hydrogen) atoms. The van der Waals surface area contributed by atoms with Gasteiger partial charge in [-0.1, -0.05) is 18.2 Å². The second kappa shape index (κ2) is 11.9. The molecule has 8 nitrogen and oxygen atoms in total. The van der Waals surface area contributed by atoms with Crippen molar-refractivity contribution < 1.29 is 9.13 Å². The first kappa shape index (κ1) is 26.1. The number of guanidine groups is 1. The molecule has 2 heterocycles. The van der Waals surface area contributed by atoms with Crippen molar-refractivity contribution in [1.82, 2.24) is 19.9 Å². The third kappa shape index (κ3) is 6.49. The molecule has 0 atom stereocenters. The summed E-state index contributed by atoms with van der Waals surface area (Å²) >= 11 is 0. The predicted molar refractivity (Wildman–Crippen MR) is 153 cm³/mol. The van der Waals surface area contributed by atoms with E-state index in [1.165, 1.54) is 24.9 Å². The van der Waals surface area contributed by atoms with E-state index in [2.05, 4.69) is 25.3 Å². The minimum atomic E-state index is -0.275. The highest BCUT2D eigenvalue weighted by molar-refractivity contribution is 5.95. The highest BCUT2D eigenvalue weighted by atomic mass is 19.1.